The summed E-state index contributed by atoms with van der Waals surface area (Å²) in [7, 11) is 0. The van der Waals surface area contributed by atoms with Gasteiger partial charge in [-0.05, 0) is 34.1 Å². The van der Waals surface area contributed by atoms with E-state index in [4.69, 9.17) is 28.9 Å². The van der Waals surface area contributed by atoms with Crippen LogP contribution in [0.1, 0.15) is 5.69 Å². The van der Waals surface area contributed by atoms with E-state index in [1.807, 2.05) is 6.07 Å². The highest BCUT2D eigenvalue weighted by molar-refractivity contribution is 9.10. The van der Waals surface area contributed by atoms with E-state index in [9.17, 15) is 0 Å². The summed E-state index contributed by atoms with van der Waals surface area (Å²) in [4.78, 5) is 7.39. The molecule has 16 heavy (non-hydrogen) atoms. The largest absolute Gasteiger partial charge is 0.340 e. The highest BCUT2D eigenvalue weighted by atomic mass is 79.9. The van der Waals surface area contributed by atoms with Crippen LogP contribution in [0.2, 0.25) is 10.0 Å². The topological polar surface area (TPSA) is 54.7 Å². The van der Waals surface area contributed by atoms with Gasteiger partial charge in [0.25, 0.3) is 0 Å². The highest BCUT2D eigenvalue weighted by Crippen LogP contribution is 2.30. The molecular weight excluding hydrogens is 313 g/mol. The van der Waals surface area contributed by atoms with Gasteiger partial charge in [0.15, 0.2) is 0 Å². The van der Waals surface area contributed by atoms with E-state index in [1.165, 1.54) is 0 Å². The third kappa shape index (κ3) is 2.25. The molecule has 0 bridgehead atoms. The van der Waals surface area contributed by atoms with Crippen LogP contribution in [-0.2, 0) is 6.54 Å². The minimum atomic E-state index is 0.388. The lowest BCUT2D eigenvalue weighted by molar-refractivity contribution is 1.00. The fourth-order valence-corrected chi connectivity index (χ4v) is 2.27. The van der Waals surface area contributed by atoms with Gasteiger partial charge in [0.05, 0.1) is 10.7 Å². The van der Waals surface area contributed by atoms with Crippen molar-refractivity contribution in [2.75, 3.05) is 0 Å². The van der Waals surface area contributed by atoms with Gasteiger partial charge in [-0.3, -0.25) is 0 Å². The van der Waals surface area contributed by atoms with Gasteiger partial charge in [0, 0.05) is 17.1 Å². The Labute approximate surface area is 111 Å². The number of nitrogens with two attached hydrogens (primary N) is 1. The average molecular weight is 321 g/mol. The predicted octanol–water partition coefficient (Wildman–Crippen LogP) is 3.60. The summed E-state index contributed by atoms with van der Waals surface area (Å²) in [5, 5.41) is 1.15. The van der Waals surface area contributed by atoms with Crippen LogP contribution in [0.25, 0.3) is 11.4 Å². The summed E-state index contributed by atoms with van der Waals surface area (Å²) < 4.78 is 0.705. The minimum absolute atomic E-state index is 0.388. The molecule has 0 aliphatic carbocycles. The van der Waals surface area contributed by atoms with E-state index in [-0.39, 0.29) is 0 Å². The second-order valence-electron chi connectivity index (χ2n) is 3.18. The first-order valence-electron chi connectivity index (χ1n) is 4.51. The first-order valence-corrected chi connectivity index (χ1v) is 6.06. The molecule has 0 unspecified atom stereocenters. The van der Waals surface area contributed by atoms with Crippen molar-refractivity contribution in [1.82, 2.24) is 9.97 Å². The molecule has 0 fully saturated rings. The Morgan fingerprint density at radius 3 is 2.69 bits per heavy atom. The van der Waals surface area contributed by atoms with Crippen molar-refractivity contribution in [3.63, 3.8) is 0 Å². The fourth-order valence-electron chi connectivity index (χ4n) is 1.33. The quantitative estimate of drug-likeness (QED) is 0.888. The van der Waals surface area contributed by atoms with E-state index < -0.39 is 0 Å². The molecule has 0 atom stereocenters. The Hall–Kier alpha value is -0.550. The molecule has 1 heterocycles. The number of rotatable bonds is 2. The SMILES string of the molecule is NCc1[nH]c(-c2ccc(Cl)cc2Cl)nc1Br. The molecule has 3 N–H and O–H groups in total. The summed E-state index contributed by atoms with van der Waals surface area (Å²) >= 11 is 15.2. The summed E-state index contributed by atoms with van der Waals surface area (Å²) in [6, 6.07) is 5.26. The van der Waals surface area contributed by atoms with Gasteiger partial charge in [0.1, 0.15) is 10.4 Å². The standard InChI is InChI=1S/C10H8BrCl2N3/c11-9-8(4-14)15-10(16-9)6-2-1-5(12)3-7(6)13/h1-3H,4,14H2,(H,15,16). The maximum Gasteiger partial charge on any atom is 0.140 e. The zero-order valence-electron chi connectivity index (χ0n) is 8.10. The Balaban J connectivity index is 2.50. The average Bonchev–Trinajstić information content (AvgIpc) is 2.59. The van der Waals surface area contributed by atoms with Crippen LogP contribution in [0.5, 0.6) is 0 Å². The van der Waals surface area contributed by atoms with Crippen LogP contribution >= 0.6 is 39.1 Å². The van der Waals surface area contributed by atoms with Crippen molar-refractivity contribution in [2.45, 2.75) is 6.54 Å². The second kappa shape index (κ2) is 4.75. The monoisotopic (exact) mass is 319 g/mol. The van der Waals surface area contributed by atoms with Crippen LogP contribution in [0.15, 0.2) is 22.8 Å². The molecule has 2 aromatic rings. The molecule has 0 aliphatic rings. The molecule has 84 valence electrons. The molecule has 6 heteroatoms. The minimum Gasteiger partial charge on any atom is -0.340 e. The van der Waals surface area contributed by atoms with Crippen molar-refractivity contribution in [3.8, 4) is 11.4 Å². The fraction of sp³-hybridized carbons (Fsp3) is 0.100. The van der Waals surface area contributed by atoms with Gasteiger partial charge >= 0.3 is 0 Å². The third-order valence-electron chi connectivity index (χ3n) is 2.12. The predicted molar refractivity (Wildman–Crippen MR) is 69.6 cm³/mol. The van der Waals surface area contributed by atoms with E-state index in [0.29, 0.717) is 27.0 Å². The Bertz CT molecular complexity index is 525. The first-order chi connectivity index (χ1) is 7.61. The lowest BCUT2D eigenvalue weighted by atomic mass is 10.2. The van der Waals surface area contributed by atoms with E-state index in [1.54, 1.807) is 12.1 Å². The number of nitrogens with zero attached hydrogens (tertiary/aromatic N) is 1. The molecule has 0 radical (unpaired) electrons. The van der Waals surface area contributed by atoms with Crippen LogP contribution in [0, 0.1) is 0 Å². The Morgan fingerprint density at radius 2 is 2.12 bits per heavy atom. The zero-order valence-corrected chi connectivity index (χ0v) is 11.2. The van der Waals surface area contributed by atoms with Crippen molar-refractivity contribution in [3.05, 3.63) is 38.5 Å². The lowest BCUT2D eigenvalue weighted by Gasteiger charge is -2.00. The van der Waals surface area contributed by atoms with E-state index in [2.05, 4.69) is 25.9 Å². The zero-order chi connectivity index (χ0) is 11.7. The Kier molecular flexibility index (Phi) is 3.54. The molecule has 0 saturated heterocycles. The smallest absolute Gasteiger partial charge is 0.140 e. The van der Waals surface area contributed by atoms with Gasteiger partial charge in [-0.15, -0.1) is 0 Å². The molecule has 0 saturated carbocycles. The molecule has 0 amide bonds. The summed E-state index contributed by atoms with van der Waals surface area (Å²) in [6.07, 6.45) is 0. The molecule has 1 aromatic carbocycles. The number of hydrogen-bond donors (Lipinski definition) is 2. The number of H-pyrrole nitrogens is 1. The molecule has 2 rings (SSSR count). The Morgan fingerprint density at radius 1 is 1.38 bits per heavy atom. The summed E-state index contributed by atoms with van der Waals surface area (Å²) in [6.45, 7) is 0.388. The van der Waals surface area contributed by atoms with Crippen molar-refractivity contribution < 1.29 is 0 Å². The van der Waals surface area contributed by atoms with Crippen molar-refractivity contribution in [1.29, 1.82) is 0 Å². The number of hydrogen-bond acceptors (Lipinski definition) is 2. The van der Waals surface area contributed by atoms with Gasteiger partial charge in [0.2, 0.25) is 0 Å². The van der Waals surface area contributed by atoms with Crippen LogP contribution in [0.3, 0.4) is 0 Å². The maximum absolute atomic E-state index is 6.08. The third-order valence-corrected chi connectivity index (χ3v) is 3.32. The molecule has 3 nitrogen and oxygen atoms in total. The number of nitrogens with one attached hydrogen (secondary N) is 1. The maximum atomic E-state index is 6.08. The highest BCUT2D eigenvalue weighted by Gasteiger charge is 2.11. The normalized spacial score (nSPS) is 10.8. The number of imidazole rings is 1. The summed E-state index contributed by atoms with van der Waals surface area (Å²) in [5.74, 6) is 0.675. The van der Waals surface area contributed by atoms with Gasteiger partial charge in [-0.25, -0.2) is 4.98 Å². The number of aromatic nitrogens is 2. The number of halogens is 3. The van der Waals surface area contributed by atoms with Gasteiger partial charge in [-0.1, -0.05) is 23.2 Å². The number of benzene rings is 1. The molecule has 1 aromatic heterocycles. The van der Waals surface area contributed by atoms with Gasteiger partial charge < -0.3 is 10.7 Å². The van der Waals surface area contributed by atoms with Crippen LogP contribution < -0.4 is 5.73 Å². The number of aromatic amines is 1. The lowest BCUT2D eigenvalue weighted by Crippen LogP contribution is -1.96. The summed E-state index contributed by atoms with van der Waals surface area (Å²) in [5.41, 5.74) is 7.18. The molecule has 0 aliphatic heterocycles. The van der Waals surface area contributed by atoms with Crippen LogP contribution in [0.4, 0.5) is 0 Å². The van der Waals surface area contributed by atoms with Crippen LogP contribution in [-0.4, -0.2) is 9.97 Å². The molecule has 0 spiro atoms. The van der Waals surface area contributed by atoms with Gasteiger partial charge in [-0.2, -0.15) is 0 Å². The van der Waals surface area contributed by atoms with E-state index >= 15 is 0 Å². The second-order valence-corrected chi connectivity index (χ2v) is 4.78. The molecular formula is C10H8BrCl2N3. The first kappa shape index (κ1) is 11.9. The van der Waals surface area contributed by atoms with Crippen molar-refractivity contribution >= 4 is 39.1 Å². The van der Waals surface area contributed by atoms with E-state index in [0.717, 1.165) is 11.3 Å². The van der Waals surface area contributed by atoms with Crippen molar-refractivity contribution in [2.24, 2.45) is 5.73 Å².